The smallest absolute Gasteiger partial charge is 0.410 e. The van der Waals surface area contributed by atoms with E-state index in [2.05, 4.69) is 45.5 Å². The number of amides is 3. The SMILES string of the molecule is NC(=O)c1ccc(Br)cc1NC(=O)[C@@H]1CCCN1C(=O)OCC1c2ccccc2-c2ccccc21. The number of likely N-dealkylation sites (tertiary alicyclic amines) is 1. The molecule has 35 heavy (non-hydrogen) atoms. The Morgan fingerprint density at radius 1 is 1.00 bits per heavy atom. The Balaban J connectivity index is 1.29. The number of benzene rings is 3. The van der Waals surface area contributed by atoms with Gasteiger partial charge in [0.1, 0.15) is 12.6 Å². The molecule has 5 rings (SSSR count). The predicted octanol–water partition coefficient (Wildman–Crippen LogP) is 4.90. The summed E-state index contributed by atoms with van der Waals surface area (Å²) in [4.78, 5) is 39.4. The van der Waals surface area contributed by atoms with Crippen LogP contribution in [-0.4, -0.2) is 42.0 Å². The van der Waals surface area contributed by atoms with Gasteiger partial charge in [-0.3, -0.25) is 14.5 Å². The first-order valence-electron chi connectivity index (χ1n) is 11.5. The number of nitrogens with zero attached hydrogens (tertiary/aromatic N) is 1. The van der Waals surface area contributed by atoms with E-state index in [4.69, 9.17) is 10.5 Å². The van der Waals surface area contributed by atoms with Crippen molar-refractivity contribution in [2.45, 2.75) is 24.8 Å². The van der Waals surface area contributed by atoms with Crippen LogP contribution in [0.3, 0.4) is 0 Å². The number of rotatable bonds is 5. The molecule has 0 radical (unpaired) electrons. The van der Waals surface area contributed by atoms with E-state index in [-0.39, 0.29) is 24.0 Å². The molecule has 1 saturated heterocycles. The molecule has 1 fully saturated rings. The Morgan fingerprint density at radius 2 is 1.66 bits per heavy atom. The molecule has 1 atom stereocenters. The number of anilines is 1. The van der Waals surface area contributed by atoms with Gasteiger partial charge >= 0.3 is 6.09 Å². The summed E-state index contributed by atoms with van der Waals surface area (Å²) >= 11 is 3.34. The minimum atomic E-state index is -0.689. The Labute approximate surface area is 211 Å². The molecule has 3 amide bonds. The molecular formula is C27H24BrN3O4. The summed E-state index contributed by atoms with van der Waals surface area (Å²) < 4.78 is 6.45. The van der Waals surface area contributed by atoms with Crippen molar-refractivity contribution in [3.05, 3.63) is 87.9 Å². The highest BCUT2D eigenvalue weighted by atomic mass is 79.9. The second kappa shape index (κ2) is 9.54. The van der Waals surface area contributed by atoms with E-state index >= 15 is 0 Å². The molecule has 1 aliphatic carbocycles. The van der Waals surface area contributed by atoms with Crippen molar-refractivity contribution >= 4 is 39.5 Å². The van der Waals surface area contributed by atoms with Gasteiger partial charge in [0.25, 0.3) is 5.91 Å². The average molecular weight is 534 g/mol. The number of carbonyl (C=O) groups excluding carboxylic acids is 3. The zero-order valence-corrected chi connectivity index (χ0v) is 20.5. The number of hydrogen-bond acceptors (Lipinski definition) is 4. The van der Waals surface area contributed by atoms with Crippen molar-refractivity contribution in [2.75, 3.05) is 18.5 Å². The average Bonchev–Trinajstić information content (AvgIpc) is 3.46. The Hall–Kier alpha value is -3.65. The van der Waals surface area contributed by atoms with E-state index in [1.54, 1.807) is 18.2 Å². The van der Waals surface area contributed by atoms with Gasteiger partial charge in [-0.1, -0.05) is 64.5 Å². The van der Waals surface area contributed by atoms with Gasteiger partial charge in [0.2, 0.25) is 5.91 Å². The van der Waals surface area contributed by atoms with Crippen LogP contribution in [0.25, 0.3) is 11.1 Å². The van der Waals surface area contributed by atoms with Gasteiger partial charge in [-0.25, -0.2) is 4.79 Å². The number of nitrogens with two attached hydrogens (primary N) is 1. The Kier molecular flexibility index (Phi) is 6.30. The number of carbonyl (C=O) groups is 3. The normalized spacial score (nSPS) is 16.5. The van der Waals surface area contributed by atoms with Crippen molar-refractivity contribution < 1.29 is 19.1 Å². The van der Waals surface area contributed by atoms with Crippen LogP contribution in [0.4, 0.5) is 10.5 Å². The largest absolute Gasteiger partial charge is 0.448 e. The topological polar surface area (TPSA) is 102 Å². The molecular weight excluding hydrogens is 510 g/mol. The van der Waals surface area contributed by atoms with Crippen LogP contribution in [0.2, 0.25) is 0 Å². The van der Waals surface area contributed by atoms with Gasteiger partial charge in [-0.05, 0) is 53.3 Å². The first-order chi connectivity index (χ1) is 16.9. The summed E-state index contributed by atoms with van der Waals surface area (Å²) in [5.41, 5.74) is 10.5. The van der Waals surface area contributed by atoms with Crippen LogP contribution in [0.5, 0.6) is 0 Å². The highest BCUT2D eigenvalue weighted by Crippen LogP contribution is 2.44. The highest BCUT2D eigenvalue weighted by Gasteiger charge is 2.37. The predicted molar refractivity (Wildman–Crippen MR) is 136 cm³/mol. The molecule has 1 heterocycles. The van der Waals surface area contributed by atoms with Gasteiger partial charge in [0, 0.05) is 16.9 Å². The zero-order chi connectivity index (χ0) is 24.5. The lowest BCUT2D eigenvalue weighted by molar-refractivity contribution is -0.120. The van der Waals surface area contributed by atoms with Crippen LogP contribution < -0.4 is 11.1 Å². The third-order valence-corrected chi connectivity index (χ3v) is 7.12. The Bertz CT molecular complexity index is 1280. The fraction of sp³-hybridized carbons (Fsp3) is 0.222. The molecule has 8 heteroatoms. The monoisotopic (exact) mass is 533 g/mol. The van der Waals surface area contributed by atoms with E-state index in [9.17, 15) is 14.4 Å². The summed E-state index contributed by atoms with van der Waals surface area (Å²) in [5, 5.41) is 2.76. The molecule has 0 unspecified atom stereocenters. The molecule has 7 nitrogen and oxygen atoms in total. The van der Waals surface area contributed by atoms with Gasteiger partial charge in [-0.2, -0.15) is 0 Å². The lowest BCUT2D eigenvalue weighted by atomic mass is 9.98. The minimum Gasteiger partial charge on any atom is -0.448 e. The lowest BCUT2D eigenvalue weighted by Gasteiger charge is -2.25. The van der Waals surface area contributed by atoms with E-state index in [1.165, 1.54) is 4.90 Å². The van der Waals surface area contributed by atoms with Crippen molar-refractivity contribution in [1.29, 1.82) is 0 Å². The van der Waals surface area contributed by atoms with E-state index in [1.807, 2.05) is 24.3 Å². The maximum Gasteiger partial charge on any atom is 0.410 e. The number of fused-ring (bicyclic) bond motifs is 3. The molecule has 2 aliphatic rings. The first kappa shape index (κ1) is 23.1. The van der Waals surface area contributed by atoms with Gasteiger partial charge < -0.3 is 15.8 Å². The number of halogens is 1. The van der Waals surface area contributed by atoms with Crippen molar-refractivity contribution in [3.63, 3.8) is 0 Å². The van der Waals surface area contributed by atoms with Crippen LogP contribution >= 0.6 is 15.9 Å². The zero-order valence-electron chi connectivity index (χ0n) is 18.9. The first-order valence-corrected chi connectivity index (χ1v) is 12.2. The second-order valence-electron chi connectivity index (χ2n) is 8.70. The van der Waals surface area contributed by atoms with Crippen LogP contribution in [-0.2, 0) is 9.53 Å². The molecule has 178 valence electrons. The number of ether oxygens (including phenoxy) is 1. The van der Waals surface area contributed by atoms with Crippen molar-refractivity contribution in [1.82, 2.24) is 4.90 Å². The van der Waals surface area contributed by atoms with E-state index in [0.717, 1.165) is 22.3 Å². The lowest BCUT2D eigenvalue weighted by Crippen LogP contribution is -2.43. The molecule has 3 aromatic carbocycles. The Morgan fingerprint density at radius 3 is 2.31 bits per heavy atom. The summed E-state index contributed by atoms with van der Waals surface area (Å²) in [6.45, 7) is 0.616. The maximum atomic E-state index is 13.1. The summed E-state index contributed by atoms with van der Waals surface area (Å²) in [6.07, 6.45) is 0.674. The molecule has 0 aromatic heterocycles. The van der Waals surface area contributed by atoms with Crippen LogP contribution in [0.15, 0.2) is 71.2 Å². The molecule has 0 saturated carbocycles. The molecule has 0 spiro atoms. The quantitative estimate of drug-likeness (QED) is 0.486. The summed E-state index contributed by atoms with van der Waals surface area (Å²) in [7, 11) is 0. The van der Waals surface area contributed by atoms with Crippen LogP contribution in [0, 0.1) is 0 Å². The number of hydrogen-bond donors (Lipinski definition) is 2. The van der Waals surface area contributed by atoms with Crippen molar-refractivity contribution in [2.24, 2.45) is 5.73 Å². The third-order valence-electron chi connectivity index (χ3n) is 6.63. The number of primary amides is 1. The van der Waals surface area contributed by atoms with E-state index < -0.39 is 18.0 Å². The summed E-state index contributed by atoms with van der Waals surface area (Å²) in [6, 6.07) is 20.4. The third kappa shape index (κ3) is 4.41. The maximum absolute atomic E-state index is 13.1. The van der Waals surface area contributed by atoms with Crippen LogP contribution in [0.1, 0.15) is 40.2 Å². The fourth-order valence-corrected chi connectivity index (χ4v) is 5.35. The van der Waals surface area contributed by atoms with Gasteiger partial charge in [-0.15, -0.1) is 0 Å². The summed E-state index contributed by atoms with van der Waals surface area (Å²) in [5.74, 6) is -1.08. The molecule has 3 aromatic rings. The highest BCUT2D eigenvalue weighted by molar-refractivity contribution is 9.10. The molecule has 3 N–H and O–H groups in total. The fourth-order valence-electron chi connectivity index (χ4n) is 4.99. The molecule has 1 aliphatic heterocycles. The standard InChI is InChI=1S/C27H24BrN3O4/c28-16-11-12-21(25(29)32)23(14-16)30-26(33)24-10-5-13-31(24)27(34)35-15-22-19-8-3-1-6-17(19)18-7-2-4-9-20(18)22/h1-4,6-9,11-12,14,22,24H,5,10,13,15H2,(H2,29,32)(H,30,33)/t24-/m0/s1. The van der Waals surface area contributed by atoms with Crippen molar-refractivity contribution in [3.8, 4) is 11.1 Å². The minimum absolute atomic E-state index is 0.0546. The second-order valence-corrected chi connectivity index (χ2v) is 9.61. The number of nitrogens with one attached hydrogen (secondary N) is 1. The van der Waals surface area contributed by atoms with Gasteiger partial charge in [0.05, 0.1) is 11.3 Å². The van der Waals surface area contributed by atoms with E-state index in [0.29, 0.717) is 29.5 Å². The molecule has 0 bridgehead atoms. The van der Waals surface area contributed by atoms with Gasteiger partial charge in [0.15, 0.2) is 0 Å².